The van der Waals surface area contributed by atoms with Gasteiger partial charge in [-0.15, -0.1) is 0 Å². The Morgan fingerprint density at radius 2 is 2.31 bits per heavy atom. The molecule has 0 aliphatic carbocycles. The number of phenolic OH excluding ortho intramolecular Hbond substituents is 1. The highest BCUT2D eigenvalue weighted by atomic mass is 16.6. The fraction of sp³-hybridized carbons (Fsp3) is 0.200. The number of nitro groups is 1. The normalized spacial score (nSPS) is 12.6. The molecule has 16 heavy (non-hydrogen) atoms. The molecule has 0 fully saturated rings. The lowest BCUT2D eigenvalue weighted by Gasteiger charge is -2.06. The molecule has 0 spiro atoms. The fourth-order valence-electron chi connectivity index (χ4n) is 1.28. The summed E-state index contributed by atoms with van der Waals surface area (Å²) in [7, 11) is 1.56. The Kier molecular flexibility index (Phi) is 3.71. The van der Waals surface area contributed by atoms with Crippen molar-refractivity contribution in [2.24, 2.45) is 4.99 Å². The first kappa shape index (κ1) is 11.8. The molecule has 0 radical (unpaired) electrons. The average molecular weight is 221 g/mol. The highest BCUT2D eigenvalue weighted by Crippen LogP contribution is 2.28. The molecule has 0 saturated carbocycles. The van der Waals surface area contributed by atoms with Crippen LogP contribution in [0.3, 0.4) is 0 Å². The highest BCUT2D eigenvalue weighted by molar-refractivity contribution is 5.89. The van der Waals surface area contributed by atoms with Gasteiger partial charge in [-0.3, -0.25) is 15.1 Å². The maximum atomic E-state index is 10.6. The Morgan fingerprint density at radius 3 is 2.81 bits per heavy atom. The van der Waals surface area contributed by atoms with E-state index in [0.29, 0.717) is 5.56 Å². The van der Waals surface area contributed by atoms with Crippen molar-refractivity contribution in [1.82, 2.24) is 0 Å². The van der Waals surface area contributed by atoms with Gasteiger partial charge in [0, 0.05) is 25.5 Å². The van der Waals surface area contributed by atoms with Gasteiger partial charge in [0.05, 0.1) is 10.8 Å². The average Bonchev–Trinajstić information content (AvgIpc) is 2.26. The van der Waals surface area contributed by atoms with E-state index in [0.717, 1.165) is 6.21 Å². The number of nitrogens with one attached hydrogen (secondary N) is 1. The number of hydrogen-bond acceptors (Lipinski definition) is 5. The molecule has 2 N–H and O–H groups in total. The summed E-state index contributed by atoms with van der Waals surface area (Å²) in [4.78, 5) is 13.7. The zero-order chi connectivity index (χ0) is 12.1. The van der Waals surface area contributed by atoms with E-state index in [1.54, 1.807) is 7.05 Å². The van der Waals surface area contributed by atoms with Crippen molar-refractivity contribution in [3.05, 3.63) is 33.9 Å². The second-order valence-corrected chi connectivity index (χ2v) is 3.10. The van der Waals surface area contributed by atoms with Crippen LogP contribution in [0.25, 0.3) is 0 Å². The molecule has 1 atom stereocenters. The summed E-state index contributed by atoms with van der Waals surface area (Å²) in [5.41, 5.74) is 0.180. The van der Waals surface area contributed by atoms with E-state index in [1.165, 1.54) is 24.4 Å². The van der Waals surface area contributed by atoms with Crippen LogP contribution < -0.4 is 0 Å². The summed E-state index contributed by atoms with van der Waals surface area (Å²) in [6.45, 7) is 0. The van der Waals surface area contributed by atoms with Gasteiger partial charge >= 0.3 is 5.69 Å². The number of rotatable bonds is 4. The standard InChI is InChI=1S/C10H11N3O3/c1-12-6-8(5-11)7-2-3-10(14)9(4-7)13(15)16/h2-6,8,11,14H,1H3. The van der Waals surface area contributed by atoms with Crippen molar-refractivity contribution in [3.8, 4) is 5.75 Å². The maximum Gasteiger partial charge on any atom is 0.311 e. The van der Waals surface area contributed by atoms with Crippen molar-refractivity contribution < 1.29 is 10.0 Å². The minimum absolute atomic E-state index is 0.367. The molecule has 1 rings (SSSR count). The number of benzene rings is 1. The lowest BCUT2D eigenvalue weighted by Crippen LogP contribution is -2.02. The molecule has 84 valence electrons. The Morgan fingerprint density at radius 1 is 1.62 bits per heavy atom. The van der Waals surface area contributed by atoms with Crippen molar-refractivity contribution in [1.29, 1.82) is 5.41 Å². The zero-order valence-electron chi connectivity index (χ0n) is 8.62. The minimum atomic E-state index is -0.664. The van der Waals surface area contributed by atoms with E-state index in [1.807, 2.05) is 0 Å². The van der Waals surface area contributed by atoms with E-state index in [9.17, 15) is 15.2 Å². The second-order valence-electron chi connectivity index (χ2n) is 3.10. The van der Waals surface area contributed by atoms with Crippen LogP contribution in [0, 0.1) is 15.5 Å². The Labute approximate surface area is 91.9 Å². The first-order valence-electron chi connectivity index (χ1n) is 4.50. The highest BCUT2D eigenvalue weighted by Gasteiger charge is 2.16. The van der Waals surface area contributed by atoms with Gasteiger partial charge in [-0.2, -0.15) is 0 Å². The van der Waals surface area contributed by atoms with E-state index in [-0.39, 0.29) is 11.4 Å². The first-order valence-corrected chi connectivity index (χ1v) is 4.50. The second kappa shape index (κ2) is 5.01. The topological polar surface area (TPSA) is 99.6 Å². The molecule has 0 saturated heterocycles. The number of aromatic hydroxyl groups is 1. The van der Waals surface area contributed by atoms with Crippen LogP contribution in [0.5, 0.6) is 5.75 Å². The summed E-state index contributed by atoms with van der Waals surface area (Å²) in [6.07, 6.45) is 2.63. The Balaban J connectivity index is 3.20. The molecule has 1 aromatic carbocycles. The number of phenols is 1. The molecule has 1 unspecified atom stereocenters. The van der Waals surface area contributed by atoms with Crippen LogP contribution in [0.1, 0.15) is 11.5 Å². The van der Waals surface area contributed by atoms with Crippen molar-refractivity contribution >= 4 is 18.1 Å². The third-order valence-electron chi connectivity index (χ3n) is 2.07. The summed E-state index contributed by atoms with van der Waals surface area (Å²) >= 11 is 0. The van der Waals surface area contributed by atoms with Gasteiger partial charge in [-0.05, 0) is 11.6 Å². The predicted molar refractivity (Wildman–Crippen MR) is 60.7 cm³/mol. The van der Waals surface area contributed by atoms with Crippen LogP contribution in [0.15, 0.2) is 23.2 Å². The van der Waals surface area contributed by atoms with Gasteiger partial charge in [-0.1, -0.05) is 6.07 Å². The predicted octanol–water partition coefficient (Wildman–Crippen LogP) is 1.73. The van der Waals surface area contributed by atoms with Gasteiger partial charge in [0.2, 0.25) is 0 Å². The number of aliphatic imine (C=N–C) groups is 1. The molecule has 6 heteroatoms. The minimum Gasteiger partial charge on any atom is -0.502 e. The molecular weight excluding hydrogens is 210 g/mol. The monoisotopic (exact) mass is 221 g/mol. The molecular formula is C10H11N3O3. The zero-order valence-corrected chi connectivity index (χ0v) is 8.62. The lowest BCUT2D eigenvalue weighted by atomic mass is 10.0. The van der Waals surface area contributed by atoms with E-state index in [2.05, 4.69) is 4.99 Å². The van der Waals surface area contributed by atoms with Crippen LogP contribution in [0.2, 0.25) is 0 Å². The van der Waals surface area contributed by atoms with Gasteiger partial charge in [-0.25, -0.2) is 0 Å². The van der Waals surface area contributed by atoms with E-state index in [4.69, 9.17) is 5.41 Å². The molecule has 0 bridgehead atoms. The van der Waals surface area contributed by atoms with Crippen molar-refractivity contribution in [2.45, 2.75) is 5.92 Å². The molecule has 0 aliphatic rings. The molecule has 0 heterocycles. The third kappa shape index (κ3) is 2.41. The fourth-order valence-corrected chi connectivity index (χ4v) is 1.28. The summed E-state index contributed by atoms with van der Waals surface area (Å²) in [5, 5.41) is 27.0. The Bertz CT molecular complexity index is 443. The van der Waals surface area contributed by atoms with Crippen LogP contribution >= 0.6 is 0 Å². The molecule has 0 aromatic heterocycles. The van der Waals surface area contributed by atoms with E-state index >= 15 is 0 Å². The molecule has 0 amide bonds. The van der Waals surface area contributed by atoms with Crippen molar-refractivity contribution in [2.75, 3.05) is 7.05 Å². The third-order valence-corrected chi connectivity index (χ3v) is 2.07. The number of nitro benzene ring substituents is 1. The van der Waals surface area contributed by atoms with Gasteiger partial charge < -0.3 is 10.5 Å². The van der Waals surface area contributed by atoms with Gasteiger partial charge in [0.15, 0.2) is 5.75 Å². The largest absolute Gasteiger partial charge is 0.502 e. The van der Waals surface area contributed by atoms with Gasteiger partial charge in [0.25, 0.3) is 0 Å². The SMILES string of the molecule is CN=CC(C=N)c1ccc(O)c([N+](=O)[O-])c1. The van der Waals surface area contributed by atoms with Crippen LogP contribution in [-0.2, 0) is 0 Å². The van der Waals surface area contributed by atoms with Gasteiger partial charge in [0.1, 0.15) is 0 Å². The van der Waals surface area contributed by atoms with E-state index < -0.39 is 10.8 Å². The molecule has 1 aromatic rings. The maximum absolute atomic E-state index is 10.6. The summed E-state index contributed by atoms with van der Waals surface area (Å²) in [6, 6.07) is 4.01. The summed E-state index contributed by atoms with van der Waals surface area (Å²) in [5.74, 6) is -0.796. The molecule has 6 nitrogen and oxygen atoms in total. The van der Waals surface area contributed by atoms with Crippen molar-refractivity contribution in [3.63, 3.8) is 0 Å². The quantitative estimate of drug-likeness (QED) is 0.460. The smallest absolute Gasteiger partial charge is 0.311 e. The van der Waals surface area contributed by atoms with Crippen LogP contribution in [0.4, 0.5) is 5.69 Å². The molecule has 0 aliphatic heterocycles. The number of nitrogens with zero attached hydrogens (tertiary/aromatic N) is 2. The summed E-state index contributed by atoms with van der Waals surface area (Å²) < 4.78 is 0. The van der Waals surface area contributed by atoms with Crippen LogP contribution in [-0.4, -0.2) is 29.5 Å². The lowest BCUT2D eigenvalue weighted by molar-refractivity contribution is -0.385. The Hall–Kier alpha value is -2.24. The first-order chi connectivity index (χ1) is 7.60. The number of hydrogen-bond donors (Lipinski definition) is 2.